The van der Waals surface area contributed by atoms with Crippen LogP contribution in [0.25, 0.3) is 0 Å². The van der Waals surface area contributed by atoms with Crippen molar-refractivity contribution in [3.63, 3.8) is 0 Å². The van der Waals surface area contributed by atoms with Gasteiger partial charge in [0.2, 0.25) is 0 Å². The summed E-state index contributed by atoms with van der Waals surface area (Å²) in [4.78, 5) is 0. The van der Waals surface area contributed by atoms with E-state index in [1.807, 2.05) is 0 Å². The van der Waals surface area contributed by atoms with Crippen molar-refractivity contribution in [2.75, 3.05) is 11.5 Å². The third-order valence-corrected chi connectivity index (χ3v) is 4.86. The Balaban J connectivity index is 1.98. The Morgan fingerprint density at radius 1 is 1.08 bits per heavy atom. The highest BCUT2D eigenvalue weighted by atomic mass is 32.2. The third-order valence-electron chi connectivity index (χ3n) is 2.99. The van der Waals surface area contributed by atoms with Crippen LogP contribution < -0.4 is 0 Å². The number of aliphatic hydroxyl groups is 2. The van der Waals surface area contributed by atoms with Gasteiger partial charge in [-0.25, -0.2) is 8.42 Å². The minimum absolute atomic E-state index is 0.0162. The topological polar surface area (TPSA) is 74.6 Å². The van der Waals surface area contributed by atoms with Crippen molar-refractivity contribution in [3.05, 3.63) is 0 Å². The quantitative estimate of drug-likeness (QED) is 0.603. The van der Waals surface area contributed by atoms with Crippen LogP contribution in [0.4, 0.5) is 0 Å². The number of hydrogen-bond acceptors (Lipinski definition) is 4. The Bertz CT molecular complexity index is 277. The molecule has 1 atom stereocenters. The van der Waals surface area contributed by atoms with Gasteiger partial charge in [-0.3, -0.25) is 0 Å². The summed E-state index contributed by atoms with van der Waals surface area (Å²) in [5.41, 5.74) is 0. The summed E-state index contributed by atoms with van der Waals surface area (Å²) in [5, 5.41) is 18.2. The molecule has 2 rings (SSSR count). The predicted molar refractivity (Wildman–Crippen MR) is 46.6 cm³/mol. The van der Waals surface area contributed by atoms with Crippen molar-refractivity contribution in [2.45, 2.75) is 19.1 Å². The van der Waals surface area contributed by atoms with Gasteiger partial charge in [0.25, 0.3) is 0 Å². The molecule has 0 spiro atoms. The lowest BCUT2D eigenvalue weighted by molar-refractivity contribution is -0.104. The minimum Gasteiger partial charge on any atom is -0.368 e. The lowest BCUT2D eigenvalue weighted by Gasteiger charge is -2.34. The largest absolute Gasteiger partial charge is 0.368 e. The average Bonchev–Trinajstić information content (AvgIpc) is 2.66. The van der Waals surface area contributed by atoms with Crippen molar-refractivity contribution in [2.24, 2.45) is 17.8 Å². The van der Waals surface area contributed by atoms with Gasteiger partial charge in [-0.05, 0) is 24.7 Å². The van der Waals surface area contributed by atoms with Crippen LogP contribution in [-0.2, 0) is 9.84 Å². The van der Waals surface area contributed by atoms with E-state index in [2.05, 4.69) is 0 Å². The van der Waals surface area contributed by atoms with Crippen LogP contribution in [0.3, 0.4) is 0 Å². The van der Waals surface area contributed by atoms with E-state index in [9.17, 15) is 8.42 Å². The van der Waals surface area contributed by atoms with Crippen LogP contribution >= 0.6 is 0 Å². The molecule has 5 heteroatoms. The van der Waals surface area contributed by atoms with E-state index >= 15 is 0 Å². The molecule has 0 aromatic rings. The molecule has 1 saturated carbocycles. The first-order valence-electron chi connectivity index (χ1n) is 4.56. The van der Waals surface area contributed by atoms with E-state index < -0.39 is 16.1 Å². The lowest BCUT2D eigenvalue weighted by atomic mass is 9.89. The minimum atomic E-state index is -2.84. The van der Waals surface area contributed by atoms with Crippen LogP contribution in [-0.4, -0.2) is 36.4 Å². The van der Waals surface area contributed by atoms with E-state index in [1.54, 1.807) is 0 Å². The van der Waals surface area contributed by atoms with Gasteiger partial charge < -0.3 is 10.2 Å². The molecule has 0 amide bonds. The first kappa shape index (κ1) is 9.43. The fourth-order valence-corrected chi connectivity index (χ4v) is 3.83. The van der Waals surface area contributed by atoms with Crippen LogP contribution in [0.1, 0.15) is 12.8 Å². The van der Waals surface area contributed by atoms with E-state index in [4.69, 9.17) is 10.2 Å². The maximum absolute atomic E-state index is 10.9. The molecule has 2 N–H and O–H groups in total. The Kier molecular flexibility index (Phi) is 2.13. The first-order chi connectivity index (χ1) is 5.99. The Hall–Kier alpha value is -0.130. The highest BCUT2D eigenvalue weighted by Crippen LogP contribution is 2.45. The molecule has 2 aliphatic rings. The molecule has 0 aromatic heterocycles. The second-order valence-corrected chi connectivity index (χ2v) is 6.32. The fraction of sp³-hybridized carbons (Fsp3) is 1.00. The van der Waals surface area contributed by atoms with Gasteiger partial charge in [0.15, 0.2) is 16.1 Å². The van der Waals surface area contributed by atoms with Gasteiger partial charge in [-0.2, -0.15) is 0 Å². The predicted octanol–water partition coefficient (Wildman–Crippen LogP) is -0.632. The van der Waals surface area contributed by atoms with E-state index in [-0.39, 0.29) is 23.3 Å². The molecule has 13 heavy (non-hydrogen) atoms. The molecule has 1 saturated heterocycles. The number of sulfone groups is 1. The summed E-state index contributed by atoms with van der Waals surface area (Å²) in [6.45, 7) is 0. The standard InChI is InChI=1S/C8H14O4S/c9-8(10)7(5-1-2-5)6-3-13(11,12)4-6/h5-10H,1-4H2. The van der Waals surface area contributed by atoms with Crippen molar-refractivity contribution in [1.29, 1.82) is 0 Å². The maximum Gasteiger partial charge on any atom is 0.154 e. The molecule has 0 radical (unpaired) electrons. The van der Waals surface area contributed by atoms with E-state index in [1.165, 1.54) is 0 Å². The summed E-state index contributed by atoms with van der Waals surface area (Å²) in [5.74, 6) is 0.416. The van der Waals surface area contributed by atoms with Crippen LogP contribution in [0.5, 0.6) is 0 Å². The monoisotopic (exact) mass is 206 g/mol. The molecule has 0 aromatic carbocycles. The molecule has 2 fully saturated rings. The zero-order chi connectivity index (χ0) is 9.64. The molecule has 0 bridgehead atoms. The zero-order valence-electron chi connectivity index (χ0n) is 7.26. The fourth-order valence-electron chi connectivity index (χ4n) is 2.18. The summed E-state index contributed by atoms with van der Waals surface area (Å²) in [6.07, 6.45) is 0.686. The highest BCUT2D eigenvalue weighted by molar-refractivity contribution is 7.92. The summed E-state index contributed by atoms with van der Waals surface area (Å²) < 4.78 is 21.8. The van der Waals surface area contributed by atoms with Crippen LogP contribution in [0.2, 0.25) is 0 Å². The molecule has 1 unspecified atom stereocenters. The zero-order valence-corrected chi connectivity index (χ0v) is 8.07. The lowest BCUT2D eigenvalue weighted by Crippen LogP contribution is -2.45. The highest BCUT2D eigenvalue weighted by Gasteiger charge is 2.47. The Labute approximate surface area is 77.5 Å². The summed E-state index contributed by atoms with van der Waals surface area (Å²) in [7, 11) is -2.84. The van der Waals surface area contributed by atoms with Crippen LogP contribution in [0.15, 0.2) is 0 Å². The molecule has 1 aliphatic heterocycles. The molecule has 1 heterocycles. The Morgan fingerprint density at radius 2 is 1.62 bits per heavy atom. The van der Waals surface area contributed by atoms with Crippen LogP contribution in [0, 0.1) is 17.8 Å². The second kappa shape index (κ2) is 2.93. The molecular weight excluding hydrogens is 192 g/mol. The number of rotatable bonds is 3. The van der Waals surface area contributed by atoms with Gasteiger partial charge in [-0.1, -0.05) is 0 Å². The van der Waals surface area contributed by atoms with Gasteiger partial charge in [0.1, 0.15) is 0 Å². The molecular formula is C8H14O4S. The summed E-state index contributed by atoms with van der Waals surface area (Å²) in [6, 6.07) is 0. The van der Waals surface area contributed by atoms with E-state index in [0.717, 1.165) is 12.8 Å². The molecule has 76 valence electrons. The van der Waals surface area contributed by atoms with E-state index in [0.29, 0.717) is 5.92 Å². The summed E-state index contributed by atoms with van der Waals surface area (Å²) >= 11 is 0. The maximum atomic E-state index is 10.9. The van der Waals surface area contributed by atoms with Gasteiger partial charge in [0, 0.05) is 5.92 Å². The average molecular weight is 206 g/mol. The Morgan fingerprint density at radius 3 is 1.92 bits per heavy atom. The number of hydrogen-bond donors (Lipinski definition) is 2. The number of aliphatic hydroxyl groups excluding tert-OH is 1. The van der Waals surface area contributed by atoms with Gasteiger partial charge in [-0.15, -0.1) is 0 Å². The normalized spacial score (nSPS) is 30.1. The smallest absolute Gasteiger partial charge is 0.154 e. The van der Waals surface area contributed by atoms with Gasteiger partial charge >= 0.3 is 0 Å². The SMILES string of the molecule is O=S1(=O)CC(C(C(O)O)C2CC2)C1. The van der Waals surface area contributed by atoms with Crippen molar-refractivity contribution in [1.82, 2.24) is 0 Å². The molecule has 4 nitrogen and oxygen atoms in total. The third kappa shape index (κ3) is 1.87. The second-order valence-electron chi connectivity index (χ2n) is 4.17. The molecule has 1 aliphatic carbocycles. The van der Waals surface area contributed by atoms with Crippen molar-refractivity contribution >= 4 is 9.84 Å². The first-order valence-corrected chi connectivity index (χ1v) is 6.38. The van der Waals surface area contributed by atoms with Crippen molar-refractivity contribution < 1.29 is 18.6 Å². The van der Waals surface area contributed by atoms with Gasteiger partial charge in [0.05, 0.1) is 11.5 Å². The van der Waals surface area contributed by atoms with Crippen molar-refractivity contribution in [3.8, 4) is 0 Å².